The molecule has 0 heterocycles. The Morgan fingerprint density at radius 1 is 0.952 bits per heavy atom. The molecule has 0 aliphatic carbocycles. The molecule has 0 amide bonds. The van der Waals surface area contributed by atoms with Gasteiger partial charge in [0.2, 0.25) is 0 Å². The van der Waals surface area contributed by atoms with Crippen molar-refractivity contribution >= 4 is 17.6 Å². The SMILES string of the molecule is CCOc1ccccc1OC(=O)COc1ccccc1Cl. The number of halogens is 1. The fourth-order valence-corrected chi connectivity index (χ4v) is 1.85. The van der Waals surface area contributed by atoms with Crippen LogP contribution in [-0.2, 0) is 4.79 Å². The zero-order valence-electron chi connectivity index (χ0n) is 11.5. The van der Waals surface area contributed by atoms with Crippen molar-refractivity contribution < 1.29 is 19.0 Å². The molecule has 0 saturated heterocycles. The Morgan fingerprint density at radius 3 is 2.24 bits per heavy atom. The van der Waals surface area contributed by atoms with E-state index in [-0.39, 0.29) is 6.61 Å². The summed E-state index contributed by atoms with van der Waals surface area (Å²) in [4.78, 5) is 11.8. The van der Waals surface area contributed by atoms with Crippen molar-refractivity contribution in [3.05, 3.63) is 53.6 Å². The predicted molar refractivity (Wildman–Crippen MR) is 80.2 cm³/mol. The van der Waals surface area contributed by atoms with Gasteiger partial charge in [-0.25, -0.2) is 4.79 Å². The van der Waals surface area contributed by atoms with E-state index in [1.54, 1.807) is 42.5 Å². The van der Waals surface area contributed by atoms with Crippen molar-refractivity contribution in [2.75, 3.05) is 13.2 Å². The van der Waals surface area contributed by atoms with Crippen molar-refractivity contribution in [3.8, 4) is 17.2 Å². The van der Waals surface area contributed by atoms with Gasteiger partial charge in [0.15, 0.2) is 18.1 Å². The third-order valence-electron chi connectivity index (χ3n) is 2.55. The van der Waals surface area contributed by atoms with Crippen LogP contribution in [0.2, 0.25) is 5.02 Å². The van der Waals surface area contributed by atoms with Gasteiger partial charge in [-0.3, -0.25) is 0 Å². The molecule has 4 nitrogen and oxygen atoms in total. The number of hydrogen-bond acceptors (Lipinski definition) is 4. The van der Waals surface area contributed by atoms with Crippen LogP contribution in [0.25, 0.3) is 0 Å². The third kappa shape index (κ3) is 4.39. The van der Waals surface area contributed by atoms with E-state index in [2.05, 4.69) is 0 Å². The Labute approximate surface area is 128 Å². The normalized spacial score (nSPS) is 10.0. The molecule has 0 atom stereocenters. The minimum Gasteiger partial charge on any atom is -0.490 e. The van der Waals surface area contributed by atoms with E-state index < -0.39 is 5.97 Å². The zero-order valence-corrected chi connectivity index (χ0v) is 12.3. The van der Waals surface area contributed by atoms with Crippen LogP contribution in [0, 0.1) is 0 Å². The summed E-state index contributed by atoms with van der Waals surface area (Å²) in [5.74, 6) is 0.800. The lowest BCUT2D eigenvalue weighted by Gasteiger charge is -2.11. The Bertz CT molecular complexity index is 613. The summed E-state index contributed by atoms with van der Waals surface area (Å²) in [5.41, 5.74) is 0. The van der Waals surface area contributed by atoms with Gasteiger partial charge >= 0.3 is 5.97 Å². The van der Waals surface area contributed by atoms with Gasteiger partial charge in [-0.2, -0.15) is 0 Å². The maximum absolute atomic E-state index is 11.8. The highest BCUT2D eigenvalue weighted by molar-refractivity contribution is 6.32. The summed E-state index contributed by atoms with van der Waals surface area (Å²) < 4.78 is 15.9. The first-order chi connectivity index (χ1) is 10.2. The second-order valence-corrected chi connectivity index (χ2v) is 4.48. The number of esters is 1. The van der Waals surface area contributed by atoms with Crippen LogP contribution in [-0.4, -0.2) is 19.2 Å². The van der Waals surface area contributed by atoms with Gasteiger partial charge in [0.1, 0.15) is 5.75 Å². The highest BCUT2D eigenvalue weighted by atomic mass is 35.5. The second-order valence-electron chi connectivity index (χ2n) is 4.07. The minimum absolute atomic E-state index is 0.232. The van der Waals surface area contributed by atoms with Gasteiger partial charge in [0.05, 0.1) is 11.6 Å². The molecular weight excluding hydrogens is 292 g/mol. The number of hydrogen-bond donors (Lipinski definition) is 0. The number of ether oxygens (including phenoxy) is 3. The molecule has 0 fully saturated rings. The van der Waals surface area contributed by atoms with Crippen LogP contribution in [0.5, 0.6) is 17.2 Å². The standard InChI is InChI=1S/C16H15ClO4/c1-2-19-14-9-5-6-10-15(14)21-16(18)11-20-13-8-4-3-7-12(13)17/h3-10H,2,11H2,1H3. The molecule has 2 rings (SSSR count). The molecule has 0 aliphatic rings. The monoisotopic (exact) mass is 306 g/mol. The lowest BCUT2D eigenvalue weighted by atomic mass is 10.3. The molecule has 2 aromatic rings. The molecule has 0 bridgehead atoms. The zero-order chi connectivity index (χ0) is 15.1. The molecule has 0 N–H and O–H groups in total. The third-order valence-corrected chi connectivity index (χ3v) is 2.87. The van der Waals surface area contributed by atoms with Gasteiger partial charge in [-0.15, -0.1) is 0 Å². The van der Waals surface area contributed by atoms with Crippen LogP contribution in [0.4, 0.5) is 0 Å². The second kappa shape index (κ2) is 7.55. The van der Waals surface area contributed by atoms with Gasteiger partial charge in [0, 0.05) is 0 Å². The first-order valence-corrected chi connectivity index (χ1v) is 6.88. The molecule has 0 spiro atoms. The highest BCUT2D eigenvalue weighted by Gasteiger charge is 2.11. The number of benzene rings is 2. The smallest absolute Gasteiger partial charge is 0.349 e. The molecule has 2 aromatic carbocycles. The van der Waals surface area contributed by atoms with Crippen molar-refractivity contribution in [2.24, 2.45) is 0 Å². The van der Waals surface area contributed by atoms with Gasteiger partial charge < -0.3 is 14.2 Å². The van der Waals surface area contributed by atoms with Crippen molar-refractivity contribution in [2.45, 2.75) is 6.92 Å². The summed E-state index contributed by atoms with van der Waals surface area (Å²) in [7, 11) is 0. The Morgan fingerprint density at radius 2 is 1.57 bits per heavy atom. The fraction of sp³-hybridized carbons (Fsp3) is 0.188. The maximum atomic E-state index is 11.8. The van der Waals surface area contributed by atoms with Crippen molar-refractivity contribution in [1.29, 1.82) is 0 Å². The largest absolute Gasteiger partial charge is 0.490 e. The fourth-order valence-electron chi connectivity index (χ4n) is 1.66. The van der Waals surface area contributed by atoms with Crippen LogP contribution >= 0.6 is 11.6 Å². The Hall–Kier alpha value is -2.20. The lowest BCUT2D eigenvalue weighted by molar-refractivity contribution is -0.136. The number of carbonyl (C=O) groups excluding carboxylic acids is 1. The minimum atomic E-state index is -0.526. The van der Waals surface area contributed by atoms with E-state index in [9.17, 15) is 4.79 Å². The summed E-state index contributed by atoms with van der Waals surface area (Å²) in [6.07, 6.45) is 0. The van der Waals surface area contributed by atoms with E-state index in [1.807, 2.05) is 13.0 Å². The average molecular weight is 307 g/mol. The first-order valence-electron chi connectivity index (χ1n) is 6.50. The molecular formula is C16H15ClO4. The molecule has 0 radical (unpaired) electrons. The van der Waals surface area contributed by atoms with Gasteiger partial charge in [0.25, 0.3) is 0 Å². The summed E-state index contributed by atoms with van der Waals surface area (Å²) in [6.45, 7) is 2.12. The topological polar surface area (TPSA) is 44.8 Å². The average Bonchev–Trinajstić information content (AvgIpc) is 2.49. The molecule has 0 aliphatic heterocycles. The van der Waals surface area contributed by atoms with Crippen molar-refractivity contribution in [1.82, 2.24) is 0 Å². The molecule has 21 heavy (non-hydrogen) atoms. The molecule has 5 heteroatoms. The van der Waals surface area contributed by atoms with Crippen molar-refractivity contribution in [3.63, 3.8) is 0 Å². The first kappa shape index (κ1) is 15.2. The van der Waals surface area contributed by atoms with Gasteiger partial charge in [-0.05, 0) is 31.2 Å². The number of rotatable bonds is 6. The van der Waals surface area contributed by atoms with Gasteiger partial charge in [-0.1, -0.05) is 35.9 Å². The Kier molecular flexibility index (Phi) is 5.46. The summed E-state index contributed by atoms with van der Waals surface area (Å²) in [5, 5.41) is 0.444. The maximum Gasteiger partial charge on any atom is 0.349 e. The quantitative estimate of drug-likeness (QED) is 0.602. The molecule has 0 unspecified atom stereocenters. The molecule has 0 saturated carbocycles. The predicted octanol–water partition coefficient (Wildman–Crippen LogP) is 3.72. The summed E-state index contributed by atoms with van der Waals surface area (Å²) >= 11 is 5.94. The van der Waals surface area contributed by atoms with E-state index in [1.165, 1.54) is 0 Å². The summed E-state index contributed by atoms with van der Waals surface area (Å²) in [6, 6.07) is 13.9. The van der Waals surface area contributed by atoms with E-state index in [0.717, 1.165) is 0 Å². The molecule has 110 valence electrons. The van der Waals surface area contributed by atoms with Crippen LogP contribution in [0.15, 0.2) is 48.5 Å². The highest BCUT2D eigenvalue weighted by Crippen LogP contribution is 2.27. The number of para-hydroxylation sites is 3. The van der Waals surface area contributed by atoms with E-state index in [0.29, 0.717) is 28.9 Å². The van der Waals surface area contributed by atoms with Crippen LogP contribution < -0.4 is 14.2 Å². The number of carbonyl (C=O) groups is 1. The van der Waals surface area contributed by atoms with E-state index in [4.69, 9.17) is 25.8 Å². The lowest BCUT2D eigenvalue weighted by Crippen LogP contribution is -2.18. The van der Waals surface area contributed by atoms with Crippen LogP contribution in [0.3, 0.4) is 0 Å². The van der Waals surface area contributed by atoms with Crippen LogP contribution in [0.1, 0.15) is 6.92 Å². The molecule has 0 aromatic heterocycles. The Balaban J connectivity index is 1.95. The van der Waals surface area contributed by atoms with E-state index >= 15 is 0 Å².